The molecule has 0 bridgehead atoms. The zero-order valence-corrected chi connectivity index (χ0v) is 13.2. The molecule has 1 aromatic carbocycles. The highest BCUT2D eigenvalue weighted by Crippen LogP contribution is 2.18. The quantitative estimate of drug-likeness (QED) is 0.745. The maximum Gasteiger partial charge on any atom is 0.0343 e. The average Bonchev–Trinajstić information content (AvgIpc) is 2.34. The first-order chi connectivity index (χ1) is 8.97. The number of nitrogens with two attached hydrogens (primary N) is 1. The Morgan fingerprint density at radius 1 is 1.16 bits per heavy atom. The van der Waals surface area contributed by atoms with Gasteiger partial charge in [-0.2, -0.15) is 0 Å². The predicted molar refractivity (Wildman–Crippen MR) is 85.2 cm³/mol. The van der Waals surface area contributed by atoms with E-state index in [0.29, 0.717) is 12.0 Å². The first kappa shape index (κ1) is 16.0. The van der Waals surface area contributed by atoms with Crippen LogP contribution in [0.4, 0.5) is 5.69 Å². The van der Waals surface area contributed by atoms with Crippen molar-refractivity contribution in [2.75, 3.05) is 12.3 Å². The van der Waals surface area contributed by atoms with Crippen LogP contribution in [0.25, 0.3) is 0 Å². The topological polar surface area (TPSA) is 29.3 Å². The van der Waals surface area contributed by atoms with Crippen LogP contribution in [-0.4, -0.2) is 17.5 Å². The lowest BCUT2D eigenvalue weighted by atomic mass is 10.0. The third kappa shape index (κ3) is 4.87. The minimum absolute atomic E-state index is 0.681. The molecule has 2 nitrogen and oxygen atoms in total. The van der Waals surface area contributed by atoms with Crippen LogP contribution >= 0.6 is 0 Å². The predicted octanol–water partition coefficient (Wildman–Crippen LogP) is 4.22. The summed E-state index contributed by atoms with van der Waals surface area (Å²) in [4.78, 5) is 2.62. The van der Waals surface area contributed by atoms with Crippen molar-refractivity contribution in [1.82, 2.24) is 4.90 Å². The van der Waals surface area contributed by atoms with Crippen molar-refractivity contribution in [1.29, 1.82) is 0 Å². The monoisotopic (exact) mass is 262 g/mol. The number of aryl methyl sites for hydroxylation is 1. The van der Waals surface area contributed by atoms with Crippen molar-refractivity contribution in [2.45, 2.75) is 60.0 Å². The molecule has 0 saturated heterocycles. The standard InChI is InChI=1S/C17H30N2/c1-6-16(7-2)19(11-13(3)4)12-15-8-9-17(18)14(5)10-15/h8-10,13,16H,6-7,11-12,18H2,1-5H3. The molecule has 0 aromatic heterocycles. The Hall–Kier alpha value is -1.02. The molecule has 0 unspecified atom stereocenters. The van der Waals surface area contributed by atoms with Crippen molar-refractivity contribution in [3.05, 3.63) is 29.3 Å². The smallest absolute Gasteiger partial charge is 0.0343 e. The molecule has 0 heterocycles. The molecule has 108 valence electrons. The Balaban J connectivity index is 2.83. The van der Waals surface area contributed by atoms with Crippen LogP contribution in [0.15, 0.2) is 18.2 Å². The van der Waals surface area contributed by atoms with Crippen molar-refractivity contribution in [3.63, 3.8) is 0 Å². The summed E-state index contributed by atoms with van der Waals surface area (Å²) in [5, 5.41) is 0. The molecule has 1 aromatic rings. The Bertz CT molecular complexity index is 381. The van der Waals surface area contributed by atoms with Gasteiger partial charge in [0.25, 0.3) is 0 Å². The summed E-state index contributed by atoms with van der Waals surface area (Å²) >= 11 is 0. The largest absolute Gasteiger partial charge is 0.399 e. The van der Waals surface area contributed by atoms with Crippen molar-refractivity contribution in [2.24, 2.45) is 5.92 Å². The highest BCUT2D eigenvalue weighted by atomic mass is 15.2. The molecule has 2 N–H and O–H groups in total. The molecule has 0 spiro atoms. The highest BCUT2D eigenvalue weighted by Gasteiger charge is 2.16. The number of rotatable bonds is 7. The van der Waals surface area contributed by atoms with Gasteiger partial charge < -0.3 is 5.73 Å². The van der Waals surface area contributed by atoms with E-state index in [1.807, 2.05) is 6.07 Å². The van der Waals surface area contributed by atoms with E-state index in [9.17, 15) is 0 Å². The van der Waals surface area contributed by atoms with E-state index in [2.05, 4.69) is 51.7 Å². The summed E-state index contributed by atoms with van der Waals surface area (Å²) < 4.78 is 0. The number of hydrogen-bond donors (Lipinski definition) is 1. The fourth-order valence-corrected chi connectivity index (χ4v) is 2.69. The molecule has 19 heavy (non-hydrogen) atoms. The van der Waals surface area contributed by atoms with Gasteiger partial charge in [0.2, 0.25) is 0 Å². The van der Waals surface area contributed by atoms with Gasteiger partial charge in [-0.25, -0.2) is 0 Å². The third-order valence-corrected chi connectivity index (χ3v) is 3.78. The van der Waals surface area contributed by atoms with Crippen LogP contribution in [-0.2, 0) is 6.54 Å². The Labute approximate surface area is 119 Å². The second kappa shape index (κ2) is 7.54. The van der Waals surface area contributed by atoms with Gasteiger partial charge in [-0.15, -0.1) is 0 Å². The highest BCUT2D eigenvalue weighted by molar-refractivity contribution is 5.47. The summed E-state index contributed by atoms with van der Waals surface area (Å²) in [6, 6.07) is 7.11. The van der Waals surface area contributed by atoms with E-state index in [1.165, 1.54) is 24.0 Å². The lowest BCUT2D eigenvalue weighted by Crippen LogP contribution is -2.36. The molecule has 0 saturated carbocycles. The lowest BCUT2D eigenvalue weighted by molar-refractivity contribution is 0.157. The van der Waals surface area contributed by atoms with Crippen molar-refractivity contribution < 1.29 is 0 Å². The summed E-state index contributed by atoms with van der Waals surface area (Å²) in [6.45, 7) is 13.4. The molecule has 0 aliphatic heterocycles. The molecular weight excluding hydrogens is 232 g/mol. The Kier molecular flexibility index (Phi) is 6.36. The van der Waals surface area contributed by atoms with Gasteiger partial charge in [-0.05, 0) is 42.9 Å². The molecule has 1 rings (SSSR count). The summed E-state index contributed by atoms with van der Waals surface area (Å²) in [5.41, 5.74) is 9.35. The fourth-order valence-electron chi connectivity index (χ4n) is 2.69. The zero-order valence-electron chi connectivity index (χ0n) is 13.2. The van der Waals surface area contributed by atoms with Crippen LogP contribution < -0.4 is 5.73 Å². The minimum Gasteiger partial charge on any atom is -0.399 e. The molecule has 0 radical (unpaired) electrons. The summed E-state index contributed by atoms with van der Waals surface area (Å²) in [5.74, 6) is 0.704. The SMILES string of the molecule is CCC(CC)N(Cc1ccc(N)c(C)c1)CC(C)C. The van der Waals surface area contributed by atoms with E-state index >= 15 is 0 Å². The van der Waals surface area contributed by atoms with E-state index in [0.717, 1.165) is 18.8 Å². The van der Waals surface area contributed by atoms with Gasteiger partial charge in [0.1, 0.15) is 0 Å². The van der Waals surface area contributed by atoms with Crippen LogP contribution in [0.1, 0.15) is 51.7 Å². The van der Waals surface area contributed by atoms with Crippen molar-refractivity contribution in [3.8, 4) is 0 Å². The van der Waals surface area contributed by atoms with Gasteiger partial charge in [0.05, 0.1) is 0 Å². The van der Waals surface area contributed by atoms with Gasteiger partial charge in [0, 0.05) is 24.8 Å². The molecular formula is C17H30N2. The molecule has 0 amide bonds. The van der Waals surface area contributed by atoms with E-state index < -0.39 is 0 Å². The molecule has 0 aliphatic rings. The summed E-state index contributed by atoms with van der Waals surface area (Å²) in [6.07, 6.45) is 2.44. The van der Waals surface area contributed by atoms with E-state index in [-0.39, 0.29) is 0 Å². The molecule has 0 aliphatic carbocycles. The minimum atomic E-state index is 0.681. The van der Waals surface area contributed by atoms with Crippen LogP contribution in [0.3, 0.4) is 0 Å². The van der Waals surface area contributed by atoms with Gasteiger partial charge >= 0.3 is 0 Å². The van der Waals surface area contributed by atoms with Crippen molar-refractivity contribution >= 4 is 5.69 Å². The zero-order chi connectivity index (χ0) is 14.4. The number of nitrogens with zero attached hydrogens (tertiary/aromatic N) is 1. The second-order valence-electron chi connectivity index (χ2n) is 5.98. The lowest BCUT2D eigenvalue weighted by Gasteiger charge is -2.32. The second-order valence-corrected chi connectivity index (χ2v) is 5.98. The van der Waals surface area contributed by atoms with Crippen LogP contribution in [0.5, 0.6) is 0 Å². The first-order valence-electron chi connectivity index (χ1n) is 7.56. The van der Waals surface area contributed by atoms with Gasteiger partial charge in [-0.3, -0.25) is 4.90 Å². The van der Waals surface area contributed by atoms with E-state index in [1.54, 1.807) is 0 Å². The van der Waals surface area contributed by atoms with Crippen LogP contribution in [0.2, 0.25) is 0 Å². The number of benzene rings is 1. The summed E-state index contributed by atoms with van der Waals surface area (Å²) in [7, 11) is 0. The maximum atomic E-state index is 5.90. The average molecular weight is 262 g/mol. The third-order valence-electron chi connectivity index (χ3n) is 3.78. The fraction of sp³-hybridized carbons (Fsp3) is 0.647. The first-order valence-corrected chi connectivity index (χ1v) is 7.56. The van der Waals surface area contributed by atoms with Gasteiger partial charge in [0.15, 0.2) is 0 Å². The number of nitrogen functional groups attached to an aromatic ring is 1. The van der Waals surface area contributed by atoms with Gasteiger partial charge in [-0.1, -0.05) is 39.8 Å². The Morgan fingerprint density at radius 2 is 1.79 bits per heavy atom. The molecule has 0 atom stereocenters. The van der Waals surface area contributed by atoms with E-state index in [4.69, 9.17) is 5.73 Å². The normalized spacial score (nSPS) is 11.8. The Morgan fingerprint density at radius 3 is 2.26 bits per heavy atom. The maximum absolute atomic E-state index is 5.90. The molecule has 2 heteroatoms. The molecule has 0 fully saturated rings. The number of hydrogen-bond acceptors (Lipinski definition) is 2. The van der Waals surface area contributed by atoms with Crippen LogP contribution in [0, 0.1) is 12.8 Å². The number of anilines is 1.